The summed E-state index contributed by atoms with van der Waals surface area (Å²) >= 11 is 3.29. The van der Waals surface area contributed by atoms with Gasteiger partial charge in [0, 0.05) is 10.2 Å². The van der Waals surface area contributed by atoms with Crippen LogP contribution in [0.4, 0.5) is 5.69 Å². The van der Waals surface area contributed by atoms with Gasteiger partial charge in [-0.25, -0.2) is 10.2 Å². The van der Waals surface area contributed by atoms with E-state index in [1.807, 2.05) is 19.1 Å². The number of benzene rings is 3. The van der Waals surface area contributed by atoms with Crippen molar-refractivity contribution in [3.05, 3.63) is 87.9 Å². The fraction of sp³-hybridized carbons (Fsp3) is 0.0833. The van der Waals surface area contributed by atoms with Crippen molar-refractivity contribution in [3.63, 3.8) is 0 Å². The van der Waals surface area contributed by atoms with Crippen molar-refractivity contribution < 1.29 is 23.9 Å². The monoisotopic (exact) mass is 509 g/mol. The number of rotatable bonds is 6. The molecule has 2 N–H and O–H groups in total. The summed E-state index contributed by atoms with van der Waals surface area (Å²) in [7, 11) is 1.44. The number of esters is 1. The number of ether oxygens (including phenoxy) is 2. The second-order valence-corrected chi connectivity index (χ2v) is 7.74. The van der Waals surface area contributed by atoms with Gasteiger partial charge in [-0.15, -0.1) is 0 Å². The zero-order chi connectivity index (χ0) is 23.8. The van der Waals surface area contributed by atoms with Crippen LogP contribution in [0.15, 0.2) is 76.3 Å². The number of hydrazone groups is 1. The largest absolute Gasteiger partial charge is 0.493 e. The Morgan fingerprint density at radius 2 is 1.61 bits per heavy atom. The summed E-state index contributed by atoms with van der Waals surface area (Å²) in [6, 6.07) is 18.5. The van der Waals surface area contributed by atoms with Gasteiger partial charge < -0.3 is 14.8 Å². The van der Waals surface area contributed by atoms with Gasteiger partial charge in [0.2, 0.25) is 0 Å². The molecule has 8 nitrogen and oxygen atoms in total. The van der Waals surface area contributed by atoms with E-state index in [-0.39, 0.29) is 5.75 Å². The summed E-state index contributed by atoms with van der Waals surface area (Å²) < 4.78 is 11.6. The van der Waals surface area contributed by atoms with Crippen molar-refractivity contribution in [2.24, 2.45) is 5.10 Å². The Balaban J connectivity index is 1.59. The fourth-order valence-electron chi connectivity index (χ4n) is 2.63. The lowest BCUT2D eigenvalue weighted by Gasteiger charge is -2.10. The minimum Gasteiger partial charge on any atom is -0.493 e. The molecule has 0 fully saturated rings. The number of anilines is 1. The van der Waals surface area contributed by atoms with Crippen LogP contribution in [0.2, 0.25) is 0 Å². The van der Waals surface area contributed by atoms with Crippen LogP contribution in [0.5, 0.6) is 11.5 Å². The average molecular weight is 510 g/mol. The lowest BCUT2D eigenvalue weighted by atomic mass is 10.1. The van der Waals surface area contributed by atoms with E-state index in [1.54, 1.807) is 54.6 Å². The molecule has 0 atom stereocenters. The van der Waals surface area contributed by atoms with Crippen LogP contribution in [0.1, 0.15) is 21.5 Å². The Kier molecular flexibility index (Phi) is 7.93. The first kappa shape index (κ1) is 23.7. The van der Waals surface area contributed by atoms with E-state index in [2.05, 4.69) is 31.8 Å². The molecule has 0 aliphatic carbocycles. The molecule has 0 aliphatic rings. The van der Waals surface area contributed by atoms with E-state index in [4.69, 9.17) is 9.47 Å². The predicted octanol–water partition coefficient (Wildman–Crippen LogP) is 4.07. The van der Waals surface area contributed by atoms with Crippen molar-refractivity contribution >= 4 is 45.6 Å². The molecule has 2 amide bonds. The molecular formula is C24H20BrN3O5. The third-order valence-corrected chi connectivity index (χ3v) is 4.89. The molecule has 0 radical (unpaired) electrons. The molecular weight excluding hydrogens is 490 g/mol. The number of halogens is 1. The van der Waals surface area contributed by atoms with Crippen LogP contribution in [0.3, 0.4) is 0 Å². The highest BCUT2D eigenvalue weighted by atomic mass is 79.9. The number of amides is 2. The molecule has 0 aromatic heterocycles. The summed E-state index contributed by atoms with van der Waals surface area (Å²) in [5.41, 5.74) is 4.63. The molecule has 0 spiro atoms. The first-order chi connectivity index (χ1) is 15.9. The molecule has 3 aromatic rings. The van der Waals surface area contributed by atoms with E-state index in [0.29, 0.717) is 22.6 Å². The van der Waals surface area contributed by atoms with Gasteiger partial charge in [-0.05, 0) is 67.1 Å². The summed E-state index contributed by atoms with van der Waals surface area (Å²) in [5, 5.41) is 6.25. The van der Waals surface area contributed by atoms with Gasteiger partial charge >= 0.3 is 17.8 Å². The number of hydrogen-bond donors (Lipinski definition) is 2. The molecule has 0 unspecified atom stereocenters. The SMILES string of the molecule is COc1cc(/C=N\NC(=O)C(=O)Nc2ccc(Br)cc2)ccc1OC(=O)c1ccc(C)cc1. The summed E-state index contributed by atoms with van der Waals surface area (Å²) in [6.45, 7) is 1.93. The molecule has 0 bridgehead atoms. The number of carbonyl (C=O) groups is 3. The second-order valence-electron chi connectivity index (χ2n) is 6.83. The van der Waals surface area contributed by atoms with E-state index in [1.165, 1.54) is 13.3 Å². The van der Waals surface area contributed by atoms with Gasteiger partial charge in [-0.2, -0.15) is 5.10 Å². The van der Waals surface area contributed by atoms with E-state index >= 15 is 0 Å². The van der Waals surface area contributed by atoms with Gasteiger partial charge in [0.15, 0.2) is 11.5 Å². The molecule has 0 aliphatic heterocycles. The van der Waals surface area contributed by atoms with Crippen molar-refractivity contribution in [2.45, 2.75) is 6.92 Å². The molecule has 9 heteroatoms. The minimum atomic E-state index is -0.926. The highest BCUT2D eigenvalue weighted by Gasteiger charge is 2.14. The van der Waals surface area contributed by atoms with Crippen LogP contribution in [-0.2, 0) is 9.59 Å². The van der Waals surface area contributed by atoms with Gasteiger partial charge in [0.05, 0.1) is 18.9 Å². The molecule has 0 heterocycles. The van der Waals surface area contributed by atoms with E-state index < -0.39 is 17.8 Å². The topological polar surface area (TPSA) is 106 Å². The van der Waals surface area contributed by atoms with Crippen molar-refractivity contribution in [2.75, 3.05) is 12.4 Å². The van der Waals surface area contributed by atoms with Crippen molar-refractivity contribution in [1.29, 1.82) is 0 Å². The number of methoxy groups -OCH3 is 1. The number of nitrogens with one attached hydrogen (secondary N) is 2. The van der Waals surface area contributed by atoms with Crippen LogP contribution in [0.25, 0.3) is 0 Å². The zero-order valence-corrected chi connectivity index (χ0v) is 19.4. The minimum absolute atomic E-state index is 0.234. The second kappa shape index (κ2) is 11.1. The third kappa shape index (κ3) is 6.75. The lowest BCUT2D eigenvalue weighted by Crippen LogP contribution is -2.32. The number of hydrogen-bond acceptors (Lipinski definition) is 6. The number of nitrogens with zero attached hydrogens (tertiary/aromatic N) is 1. The normalized spacial score (nSPS) is 10.5. The Morgan fingerprint density at radius 3 is 2.27 bits per heavy atom. The Hall–Kier alpha value is -3.98. The van der Waals surface area contributed by atoms with Crippen molar-refractivity contribution in [3.8, 4) is 11.5 Å². The fourth-order valence-corrected chi connectivity index (χ4v) is 2.90. The summed E-state index contributed by atoms with van der Waals surface area (Å²) in [6.07, 6.45) is 1.33. The summed E-state index contributed by atoms with van der Waals surface area (Å²) in [5.74, 6) is -1.76. The van der Waals surface area contributed by atoms with Gasteiger partial charge in [-0.3, -0.25) is 9.59 Å². The van der Waals surface area contributed by atoms with Crippen LogP contribution in [0, 0.1) is 6.92 Å². The molecule has 33 heavy (non-hydrogen) atoms. The van der Waals surface area contributed by atoms with E-state index in [9.17, 15) is 14.4 Å². The molecule has 168 valence electrons. The quantitative estimate of drug-likeness (QED) is 0.171. The maximum Gasteiger partial charge on any atom is 0.343 e. The zero-order valence-electron chi connectivity index (χ0n) is 17.8. The maximum atomic E-state index is 12.3. The molecule has 0 saturated carbocycles. The lowest BCUT2D eigenvalue weighted by molar-refractivity contribution is -0.136. The van der Waals surface area contributed by atoms with Gasteiger partial charge in [-0.1, -0.05) is 33.6 Å². The average Bonchev–Trinajstić information content (AvgIpc) is 2.81. The Morgan fingerprint density at radius 1 is 0.909 bits per heavy atom. The molecule has 3 aromatic carbocycles. The highest BCUT2D eigenvalue weighted by Crippen LogP contribution is 2.28. The maximum absolute atomic E-state index is 12.3. The van der Waals surface area contributed by atoms with Crippen LogP contribution >= 0.6 is 15.9 Å². The van der Waals surface area contributed by atoms with Gasteiger partial charge in [0.25, 0.3) is 0 Å². The Bertz CT molecular complexity index is 1190. The summed E-state index contributed by atoms with van der Waals surface area (Å²) in [4.78, 5) is 36.2. The van der Waals surface area contributed by atoms with E-state index in [0.717, 1.165) is 10.0 Å². The van der Waals surface area contributed by atoms with Gasteiger partial charge in [0.1, 0.15) is 0 Å². The molecule has 3 rings (SSSR count). The first-order valence-corrected chi connectivity index (χ1v) is 10.5. The van der Waals surface area contributed by atoms with Crippen molar-refractivity contribution in [1.82, 2.24) is 5.43 Å². The third-order valence-electron chi connectivity index (χ3n) is 4.37. The predicted molar refractivity (Wildman–Crippen MR) is 128 cm³/mol. The standard InChI is InChI=1S/C24H20BrN3O5/c1-15-3-6-17(7-4-15)24(31)33-20-12-5-16(13-21(20)32-2)14-26-28-23(30)22(29)27-19-10-8-18(25)9-11-19/h3-14H,1-2H3,(H,27,29)(H,28,30)/b26-14-. The number of aryl methyl sites for hydroxylation is 1. The molecule has 0 saturated heterocycles. The Labute approximate surface area is 198 Å². The smallest absolute Gasteiger partial charge is 0.343 e. The number of carbonyl (C=O) groups excluding carboxylic acids is 3. The van der Waals surface area contributed by atoms with Crippen LogP contribution < -0.4 is 20.2 Å². The highest BCUT2D eigenvalue weighted by molar-refractivity contribution is 9.10. The van der Waals surface area contributed by atoms with Crippen LogP contribution in [-0.4, -0.2) is 31.1 Å². The first-order valence-electron chi connectivity index (χ1n) is 9.72.